The van der Waals surface area contributed by atoms with Crippen LogP contribution < -0.4 is 0 Å². The van der Waals surface area contributed by atoms with Gasteiger partial charge in [-0.1, -0.05) is 35.9 Å². The Labute approximate surface area is 113 Å². The maximum absolute atomic E-state index is 13.1. The van der Waals surface area contributed by atoms with Crippen molar-refractivity contribution in [3.8, 4) is 11.1 Å². The Morgan fingerprint density at radius 2 is 1.79 bits per heavy atom. The second-order valence-corrected chi connectivity index (χ2v) is 4.72. The predicted molar refractivity (Wildman–Crippen MR) is 73.7 cm³/mol. The summed E-state index contributed by atoms with van der Waals surface area (Å²) in [7, 11) is 0. The Hall–Kier alpha value is -1.87. The third kappa shape index (κ3) is 2.10. The second kappa shape index (κ2) is 4.67. The van der Waals surface area contributed by atoms with E-state index in [1.807, 2.05) is 6.07 Å². The lowest BCUT2D eigenvalue weighted by molar-refractivity contribution is 0.152. The van der Waals surface area contributed by atoms with Crippen LogP contribution in [0.1, 0.15) is 12.0 Å². The average Bonchev–Trinajstić information content (AvgIpc) is 2.81. The Morgan fingerprint density at radius 3 is 2.58 bits per heavy atom. The molecule has 0 aliphatic carbocycles. The van der Waals surface area contributed by atoms with E-state index in [0.717, 1.165) is 16.5 Å². The molecule has 0 radical (unpaired) electrons. The van der Waals surface area contributed by atoms with Crippen LogP contribution in [0.4, 0.5) is 8.78 Å². The molecule has 0 fully saturated rings. The molecule has 19 heavy (non-hydrogen) atoms. The number of nitrogens with one attached hydrogen (secondary N) is 1. The third-order valence-corrected chi connectivity index (χ3v) is 3.36. The smallest absolute Gasteiger partial charge is 0.264 e. The topological polar surface area (TPSA) is 15.8 Å². The molecule has 0 saturated carbocycles. The summed E-state index contributed by atoms with van der Waals surface area (Å²) < 4.78 is 26.1. The molecule has 0 bridgehead atoms. The highest BCUT2D eigenvalue weighted by Crippen LogP contribution is 2.36. The van der Waals surface area contributed by atoms with Crippen molar-refractivity contribution in [1.82, 2.24) is 4.98 Å². The van der Waals surface area contributed by atoms with Crippen molar-refractivity contribution in [2.75, 3.05) is 0 Å². The molecule has 0 amide bonds. The molecule has 1 N–H and O–H groups in total. The molecule has 0 unspecified atom stereocenters. The first-order valence-corrected chi connectivity index (χ1v) is 6.18. The maximum atomic E-state index is 13.1. The molecule has 3 rings (SSSR count). The minimum Gasteiger partial charge on any atom is -0.361 e. The minimum absolute atomic E-state index is 0.0309. The second-order valence-electron chi connectivity index (χ2n) is 4.28. The molecular weight excluding hydrogens is 268 g/mol. The van der Waals surface area contributed by atoms with Crippen LogP contribution in [0.3, 0.4) is 0 Å². The fourth-order valence-corrected chi connectivity index (χ4v) is 2.42. The monoisotopic (exact) mass is 277 g/mol. The number of benzene rings is 2. The molecule has 0 aliphatic heterocycles. The summed E-state index contributed by atoms with van der Waals surface area (Å²) in [5.74, 6) is 0. The van der Waals surface area contributed by atoms with E-state index >= 15 is 0 Å². The van der Waals surface area contributed by atoms with Crippen LogP contribution in [0.25, 0.3) is 22.0 Å². The van der Waals surface area contributed by atoms with Crippen LogP contribution in [0.5, 0.6) is 0 Å². The van der Waals surface area contributed by atoms with E-state index in [2.05, 4.69) is 4.98 Å². The van der Waals surface area contributed by atoms with Crippen molar-refractivity contribution in [2.45, 2.75) is 6.43 Å². The standard InChI is InChI=1S/C15H10ClF2N/c16-9-5-6-14-12(7-9)13(8-19-14)10-3-1-2-4-11(10)15(17)18/h1-8,15,19H. The van der Waals surface area contributed by atoms with Crippen molar-refractivity contribution in [2.24, 2.45) is 0 Å². The summed E-state index contributed by atoms with van der Waals surface area (Å²) in [4.78, 5) is 3.08. The summed E-state index contributed by atoms with van der Waals surface area (Å²) in [6.07, 6.45) is -0.761. The highest BCUT2D eigenvalue weighted by molar-refractivity contribution is 6.31. The number of hydrogen-bond donors (Lipinski definition) is 1. The van der Waals surface area contributed by atoms with Gasteiger partial charge in [0.15, 0.2) is 0 Å². The lowest BCUT2D eigenvalue weighted by Gasteiger charge is -2.07. The number of hydrogen-bond acceptors (Lipinski definition) is 0. The van der Waals surface area contributed by atoms with E-state index in [4.69, 9.17) is 11.6 Å². The van der Waals surface area contributed by atoms with E-state index in [1.165, 1.54) is 6.07 Å². The van der Waals surface area contributed by atoms with Gasteiger partial charge in [0.2, 0.25) is 0 Å². The minimum atomic E-state index is -2.50. The molecule has 1 nitrogen and oxygen atoms in total. The van der Waals surface area contributed by atoms with Gasteiger partial charge in [0.1, 0.15) is 0 Å². The fourth-order valence-electron chi connectivity index (χ4n) is 2.25. The zero-order valence-electron chi connectivity index (χ0n) is 9.83. The Balaban J connectivity index is 2.28. The third-order valence-electron chi connectivity index (χ3n) is 3.13. The van der Waals surface area contributed by atoms with Crippen molar-refractivity contribution < 1.29 is 8.78 Å². The van der Waals surface area contributed by atoms with Gasteiger partial charge in [-0.25, -0.2) is 8.78 Å². The lowest BCUT2D eigenvalue weighted by atomic mass is 9.99. The maximum Gasteiger partial charge on any atom is 0.264 e. The molecule has 3 aromatic rings. The molecule has 2 aromatic carbocycles. The molecule has 0 spiro atoms. The molecule has 0 atom stereocenters. The van der Waals surface area contributed by atoms with Gasteiger partial charge < -0.3 is 4.98 Å². The summed E-state index contributed by atoms with van der Waals surface area (Å²) in [5, 5.41) is 1.43. The first kappa shape index (κ1) is 12.2. The highest BCUT2D eigenvalue weighted by Gasteiger charge is 2.16. The largest absolute Gasteiger partial charge is 0.361 e. The Morgan fingerprint density at radius 1 is 1.00 bits per heavy atom. The van der Waals surface area contributed by atoms with Crippen molar-refractivity contribution in [3.63, 3.8) is 0 Å². The number of fused-ring (bicyclic) bond motifs is 1. The van der Waals surface area contributed by atoms with Gasteiger partial charge in [-0.15, -0.1) is 0 Å². The van der Waals surface area contributed by atoms with Crippen LogP contribution in [-0.4, -0.2) is 4.98 Å². The van der Waals surface area contributed by atoms with Crippen LogP contribution >= 0.6 is 11.6 Å². The van der Waals surface area contributed by atoms with Gasteiger partial charge in [-0.05, 0) is 23.8 Å². The van der Waals surface area contributed by atoms with Crippen molar-refractivity contribution in [3.05, 3.63) is 59.2 Å². The number of halogens is 3. The molecule has 1 heterocycles. The van der Waals surface area contributed by atoms with Crippen LogP contribution in [0, 0.1) is 0 Å². The van der Waals surface area contributed by atoms with E-state index in [0.29, 0.717) is 10.6 Å². The van der Waals surface area contributed by atoms with Crippen LogP contribution in [0.15, 0.2) is 48.7 Å². The highest BCUT2D eigenvalue weighted by atomic mass is 35.5. The summed E-state index contributed by atoms with van der Waals surface area (Å²) in [6.45, 7) is 0. The van der Waals surface area contributed by atoms with Crippen LogP contribution in [-0.2, 0) is 0 Å². The van der Waals surface area contributed by atoms with Gasteiger partial charge in [0.05, 0.1) is 0 Å². The molecule has 0 aliphatic rings. The normalized spacial score (nSPS) is 11.4. The number of H-pyrrole nitrogens is 1. The summed E-state index contributed by atoms with van der Waals surface area (Å²) in [5.41, 5.74) is 2.19. The lowest BCUT2D eigenvalue weighted by Crippen LogP contribution is -1.88. The molecule has 1 aromatic heterocycles. The molecule has 0 saturated heterocycles. The van der Waals surface area contributed by atoms with E-state index in [9.17, 15) is 8.78 Å². The van der Waals surface area contributed by atoms with Gasteiger partial charge in [-0.2, -0.15) is 0 Å². The van der Waals surface area contributed by atoms with Crippen LogP contribution in [0.2, 0.25) is 5.02 Å². The Bertz CT molecular complexity index is 734. The van der Waals surface area contributed by atoms with Gasteiger partial charge in [0, 0.05) is 33.2 Å². The number of aromatic nitrogens is 1. The molecule has 96 valence electrons. The SMILES string of the molecule is FC(F)c1ccccc1-c1c[nH]c2ccc(Cl)cc12. The number of aromatic amines is 1. The zero-order valence-corrected chi connectivity index (χ0v) is 10.6. The van der Waals surface area contributed by atoms with E-state index < -0.39 is 6.43 Å². The number of rotatable bonds is 2. The van der Waals surface area contributed by atoms with Crippen molar-refractivity contribution >= 4 is 22.5 Å². The number of alkyl halides is 2. The quantitative estimate of drug-likeness (QED) is 0.643. The summed E-state index contributed by atoms with van der Waals surface area (Å²) in [6, 6.07) is 11.9. The average molecular weight is 278 g/mol. The van der Waals surface area contributed by atoms with Gasteiger partial charge in [0.25, 0.3) is 6.43 Å². The van der Waals surface area contributed by atoms with E-state index in [1.54, 1.807) is 36.5 Å². The first-order chi connectivity index (χ1) is 9.16. The fraction of sp³-hybridized carbons (Fsp3) is 0.0667. The molecule has 4 heteroatoms. The predicted octanol–water partition coefficient (Wildman–Crippen LogP) is 5.43. The Kier molecular flexibility index (Phi) is 2.99. The van der Waals surface area contributed by atoms with Gasteiger partial charge >= 0.3 is 0 Å². The summed E-state index contributed by atoms with van der Waals surface area (Å²) >= 11 is 5.98. The van der Waals surface area contributed by atoms with Crippen molar-refractivity contribution in [1.29, 1.82) is 0 Å². The van der Waals surface area contributed by atoms with Gasteiger partial charge in [-0.3, -0.25) is 0 Å². The zero-order chi connectivity index (χ0) is 13.4. The van der Waals surface area contributed by atoms with E-state index in [-0.39, 0.29) is 5.56 Å². The first-order valence-electron chi connectivity index (χ1n) is 5.81. The molecular formula is C15H10ClF2N.